The fraction of sp³-hybridized carbons (Fsp3) is 0.278. The second kappa shape index (κ2) is 9.75. The molecule has 0 bridgehead atoms. The number of halogens is 1. The summed E-state index contributed by atoms with van der Waals surface area (Å²) in [5.41, 5.74) is 1.24. The first-order valence-corrected chi connectivity index (χ1v) is 8.50. The molecule has 1 aliphatic heterocycles. The zero-order valence-electron chi connectivity index (χ0n) is 14.4. The molecular weight excluding hydrogens is 376 g/mol. The van der Waals surface area contributed by atoms with Gasteiger partial charge in [-0.3, -0.25) is 9.69 Å². The lowest BCUT2D eigenvalue weighted by Gasteiger charge is -2.34. The van der Waals surface area contributed by atoms with Gasteiger partial charge in [0.25, 0.3) is 5.91 Å². The third kappa shape index (κ3) is 6.43. The van der Waals surface area contributed by atoms with E-state index in [1.165, 1.54) is 11.8 Å². The smallest absolute Gasteiger partial charge is 0.414 e. The maximum atomic E-state index is 12.2. The summed E-state index contributed by atoms with van der Waals surface area (Å²) in [6.07, 6.45) is 1.53. The second-order valence-electron chi connectivity index (χ2n) is 5.78. The molecule has 0 aliphatic carbocycles. The van der Waals surface area contributed by atoms with Crippen LogP contribution in [0, 0.1) is 0 Å². The van der Waals surface area contributed by atoms with Gasteiger partial charge in [0.2, 0.25) is 0 Å². The van der Waals surface area contributed by atoms with Crippen LogP contribution in [0.25, 0.3) is 0 Å². The zero-order valence-corrected chi connectivity index (χ0v) is 15.1. The Morgan fingerprint density at radius 2 is 1.56 bits per heavy atom. The molecule has 0 saturated carbocycles. The van der Waals surface area contributed by atoms with Crippen molar-refractivity contribution in [1.82, 2.24) is 9.80 Å². The molecule has 0 unspecified atom stereocenters. The minimum Gasteiger partial charge on any atom is -0.473 e. The number of carbonyl (C=O) groups is 3. The van der Waals surface area contributed by atoms with E-state index in [1.54, 1.807) is 12.1 Å². The minimum absolute atomic E-state index is 0.0221. The number of benzene rings is 1. The molecule has 1 saturated heterocycles. The van der Waals surface area contributed by atoms with E-state index in [0.29, 0.717) is 5.76 Å². The fourth-order valence-corrected chi connectivity index (χ4v) is 2.64. The Labute approximate surface area is 160 Å². The van der Waals surface area contributed by atoms with Crippen LogP contribution in [-0.4, -0.2) is 64.0 Å². The van der Waals surface area contributed by atoms with Crippen molar-refractivity contribution in [1.29, 1.82) is 0 Å². The average molecular weight is 395 g/mol. The zero-order chi connectivity index (χ0) is 19.8. The van der Waals surface area contributed by atoms with Crippen LogP contribution in [-0.2, 0) is 16.1 Å². The summed E-state index contributed by atoms with van der Waals surface area (Å²) >= 11 is 5.89. The fourth-order valence-electron chi connectivity index (χ4n) is 2.51. The first-order valence-electron chi connectivity index (χ1n) is 8.12. The van der Waals surface area contributed by atoms with Gasteiger partial charge in [-0.2, -0.15) is 0 Å². The van der Waals surface area contributed by atoms with Crippen LogP contribution in [0.2, 0.25) is 5.02 Å². The topological polar surface area (TPSA) is 111 Å². The molecule has 3 rings (SSSR count). The Kier molecular flexibility index (Phi) is 7.39. The van der Waals surface area contributed by atoms with E-state index in [9.17, 15) is 4.79 Å². The lowest BCUT2D eigenvalue weighted by atomic mass is 10.2. The molecule has 1 amide bonds. The van der Waals surface area contributed by atoms with Gasteiger partial charge in [0.15, 0.2) is 5.76 Å². The Hall–Kier alpha value is -2.84. The standard InChI is InChI=1S/C16H17ClN2O2.C2H2O4/c17-14-5-3-13(4-6-14)12-18-7-9-19(10-8-18)16(20)15-2-1-11-21-15;3-1(4)2(5)6/h1-6,11H,7-10,12H2;(H,3,4)(H,5,6). The lowest BCUT2D eigenvalue weighted by Crippen LogP contribution is -2.48. The number of aliphatic carboxylic acids is 2. The molecule has 2 aromatic rings. The predicted molar refractivity (Wildman–Crippen MR) is 96.6 cm³/mol. The van der Waals surface area contributed by atoms with E-state index in [2.05, 4.69) is 4.90 Å². The molecule has 9 heteroatoms. The number of carboxylic acid groups (broad SMARTS) is 2. The van der Waals surface area contributed by atoms with Crippen molar-refractivity contribution in [3.63, 3.8) is 0 Å². The number of rotatable bonds is 3. The largest absolute Gasteiger partial charge is 0.473 e. The summed E-state index contributed by atoms with van der Waals surface area (Å²) in [5.74, 6) is -3.25. The first kappa shape index (κ1) is 20.5. The van der Waals surface area contributed by atoms with Gasteiger partial charge in [0.1, 0.15) is 0 Å². The molecule has 0 spiro atoms. The second-order valence-corrected chi connectivity index (χ2v) is 6.22. The molecule has 1 fully saturated rings. The third-order valence-corrected chi connectivity index (χ3v) is 4.15. The van der Waals surface area contributed by atoms with Crippen LogP contribution in [0.4, 0.5) is 0 Å². The van der Waals surface area contributed by atoms with Crippen LogP contribution in [0.3, 0.4) is 0 Å². The van der Waals surface area contributed by atoms with Crippen molar-refractivity contribution in [2.24, 2.45) is 0 Å². The van der Waals surface area contributed by atoms with Gasteiger partial charge < -0.3 is 19.5 Å². The summed E-state index contributed by atoms with van der Waals surface area (Å²) < 4.78 is 5.16. The molecule has 2 N–H and O–H groups in total. The molecule has 1 aromatic heterocycles. The van der Waals surface area contributed by atoms with E-state index < -0.39 is 11.9 Å². The first-order chi connectivity index (χ1) is 12.9. The highest BCUT2D eigenvalue weighted by atomic mass is 35.5. The van der Waals surface area contributed by atoms with Crippen molar-refractivity contribution < 1.29 is 29.0 Å². The van der Waals surface area contributed by atoms with E-state index in [-0.39, 0.29) is 5.91 Å². The van der Waals surface area contributed by atoms with Crippen LogP contribution in [0.1, 0.15) is 16.1 Å². The number of carbonyl (C=O) groups excluding carboxylic acids is 1. The van der Waals surface area contributed by atoms with Crippen LogP contribution in [0.5, 0.6) is 0 Å². The summed E-state index contributed by atoms with van der Waals surface area (Å²) in [6.45, 7) is 4.09. The lowest BCUT2D eigenvalue weighted by molar-refractivity contribution is -0.159. The molecule has 144 valence electrons. The molecule has 0 atom stereocenters. The predicted octanol–water partition coefficient (Wildman–Crippen LogP) is 2.05. The van der Waals surface area contributed by atoms with Crippen molar-refractivity contribution in [2.75, 3.05) is 26.2 Å². The summed E-state index contributed by atoms with van der Waals surface area (Å²) in [5, 5.41) is 15.5. The van der Waals surface area contributed by atoms with Gasteiger partial charge in [-0.15, -0.1) is 0 Å². The van der Waals surface area contributed by atoms with Gasteiger partial charge in [-0.25, -0.2) is 9.59 Å². The van der Waals surface area contributed by atoms with Crippen LogP contribution < -0.4 is 0 Å². The molecular formula is C18H19ClN2O6. The number of amides is 1. The number of furan rings is 1. The third-order valence-electron chi connectivity index (χ3n) is 3.89. The van der Waals surface area contributed by atoms with Gasteiger partial charge in [-0.05, 0) is 29.8 Å². The molecule has 1 aromatic carbocycles. The highest BCUT2D eigenvalue weighted by molar-refractivity contribution is 6.30. The number of hydrogen-bond acceptors (Lipinski definition) is 5. The molecule has 0 radical (unpaired) electrons. The Morgan fingerprint density at radius 3 is 2.04 bits per heavy atom. The van der Waals surface area contributed by atoms with Crippen molar-refractivity contribution >= 4 is 29.4 Å². The maximum absolute atomic E-state index is 12.2. The highest BCUT2D eigenvalue weighted by Gasteiger charge is 2.23. The van der Waals surface area contributed by atoms with Crippen molar-refractivity contribution in [3.05, 3.63) is 59.0 Å². The number of nitrogens with zero attached hydrogens (tertiary/aromatic N) is 2. The van der Waals surface area contributed by atoms with E-state index in [0.717, 1.165) is 37.7 Å². The quantitative estimate of drug-likeness (QED) is 0.766. The molecule has 27 heavy (non-hydrogen) atoms. The van der Waals surface area contributed by atoms with Gasteiger partial charge in [-0.1, -0.05) is 23.7 Å². The summed E-state index contributed by atoms with van der Waals surface area (Å²) in [7, 11) is 0. The van der Waals surface area contributed by atoms with E-state index >= 15 is 0 Å². The van der Waals surface area contributed by atoms with Crippen molar-refractivity contribution in [3.8, 4) is 0 Å². The average Bonchev–Trinajstić information content (AvgIpc) is 3.19. The molecule has 1 aliphatic rings. The van der Waals surface area contributed by atoms with E-state index in [1.807, 2.05) is 29.2 Å². The number of carboxylic acids is 2. The maximum Gasteiger partial charge on any atom is 0.414 e. The van der Waals surface area contributed by atoms with Crippen LogP contribution >= 0.6 is 11.6 Å². The summed E-state index contributed by atoms with van der Waals surface area (Å²) in [4.78, 5) is 34.5. The van der Waals surface area contributed by atoms with Crippen molar-refractivity contribution in [2.45, 2.75) is 6.54 Å². The number of hydrogen-bond donors (Lipinski definition) is 2. The van der Waals surface area contributed by atoms with Gasteiger partial charge in [0.05, 0.1) is 6.26 Å². The molecule has 2 heterocycles. The Balaban J connectivity index is 0.000000380. The van der Waals surface area contributed by atoms with Gasteiger partial charge >= 0.3 is 11.9 Å². The molecule has 8 nitrogen and oxygen atoms in total. The normalized spacial score (nSPS) is 14.2. The minimum atomic E-state index is -1.82. The Morgan fingerprint density at radius 1 is 0.963 bits per heavy atom. The summed E-state index contributed by atoms with van der Waals surface area (Å²) in [6, 6.07) is 11.4. The highest BCUT2D eigenvalue weighted by Crippen LogP contribution is 2.14. The SMILES string of the molecule is O=C(O)C(=O)O.O=C(c1ccco1)N1CCN(Cc2ccc(Cl)cc2)CC1. The van der Waals surface area contributed by atoms with Gasteiger partial charge in [0, 0.05) is 37.7 Å². The Bertz CT molecular complexity index is 756. The number of piperazine rings is 1. The van der Waals surface area contributed by atoms with E-state index in [4.69, 9.17) is 35.8 Å². The monoisotopic (exact) mass is 394 g/mol. The van der Waals surface area contributed by atoms with Crippen LogP contribution in [0.15, 0.2) is 47.1 Å².